The molecule has 0 radical (unpaired) electrons. The average molecular weight is 528 g/mol. The maximum atomic E-state index is 12.7. The second-order valence-electron chi connectivity index (χ2n) is 10.4. The largest absolute Gasteiger partial charge is 0.480 e. The predicted octanol–water partition coefficient (Wildman–Crippen LogP) is 4.01. The molecule has 0 aliphatic heterocycles. The third-order valence-electron chi connectivity index (χ3n) is 7.58. The fourth-order valence-electron chi connectivity index (χ4n) is 5.50. The van der Waals surface area contributed by atoms with Gasteiger partial charge in [-0.1, -0.05) is 78.9 Å². The van der Waals surface area contributed by atoms with Crippen LogP contribution in [0.15, 0.2) is 78.9 Å². The van der Waals surface area contributed by atoms with Gasteiger partial charge in [0.05, 0.1) is 0 Å². The van der Waals surface area contributed by atoms with E-state index in [0.29, 0.717) is 19.4 Å². The van der Waals surface area contributed by atoms with Gasteiger partial charge in [0, 0.05) is 31.0 Å². The molecule has 2 aliphatic carbocycles. The SMILES string of the molecule is CN(Cc1ccccc1)CC(NC(=O)C1CC(NC(=O)OCC2c3ccccc3-c3ccccc32)C1)C(=O)O. The average Bonchev–Trinajstić information content (AvgIpc) is 3.23. The molecule has 0 spiro atoms. The standard InChI is InChI=1S/C31H33N3O5/c1-34(17-20-9-3-2-4-10-20)18-28(30(36)37)33-29(35)21-15-22(16-21)32-31(38)39-19-27-25-13-7-5-11-23(25)24-12-6-8-14-26(24)27/h2-14,21-22,27-28H,15-19H2,1H3,(H,32,38)(H,33,35)(H,36,37). The molecule has 3 aromatic carbocycles. The molecule has 1 atom stereocenters. The monoisotopic (exact) mass is 527 g/mol. The summed E-state index contributed by atoms with van der Waals surface area (Å²) in [4.78, 5) is 38.9. The number of fused-ring (bicyclic) bond motifs is 3. The summed E-state index contributed by atoms with van der Waals surface area (Å²) >= 11 is 0. The summed E-state index contributed by atoms with van der Waals surface area (Å²) in [5.41, 5.74) is 5.70. The van der Waals surface area contributed by atoms with E-state index >= 15 is 0 Å². The number of carbonyl (C=O) groups is 3. The van der Waals surface area contributed by atoms with E-state index in [9.17, 15) is 19.5 Å². The number of hydrogen-bond donors (Lipinski definition) is 3. The highest BCUT2D eigenvalue weighted by atomic mass is 16.5. The Morgan fingerprint density at radius 3 is 2.13 bits per heavy atom. The van der Waals surface area contributed by atoms with Crippen LogP contribution in [0.2, 0.25) is 0 Å². The highest BCUT2D eigenvalue weighted by Gasteiger charge is 2.38. The van der Waals surface area contributed by atoms with Crippen molar-refractivity contribution in [2.24, 2.45) is 5.92 Å². The smallest absolute Gasteiger partial charge is 0.407 e. The predicted molar refractivity (Wildman–Crippen MR) is 147 cm³/mol. The number of ether oxygens (including phenoxy) is 1. The topological polar surface area (TPSA) is 108 Å². The summed E-state index contributed by atoms with van der Waals surface area (Å²) in [5, 5.41) is 15.1. The molecular weight excluding hydrogens is 494 g/mol. The second-order valence-corrected chi connectivity index (χ2v) is 10.4. The van der Waals surface area contributed by atoms with Crippen molar-refractivity contribution in [1.82, 2.24) is 15.5 Å². The van der Waals surface area contributed by atoms with Gasteiger partial charge in [-0.05, 0) is 47.7 Å². The van der Waals surface area contributed by atoms with Crippen LogP contribution < -0.4 is 10.6 Å². The van der Waals surface area contributed by atoms with E-state index in [0.717, 1.165) is 16.7 Å². The number of aliphatic carboxylic acids is 1. The van der Waals surface area contributed by atoms with Gasteiger partial charge < -0.3 is 20.5 Å². The molecule has 39 heavy (non-hydrogen) atoms. The van der Waals surface area contributed by atoms with Crippen LogP contribution in [0.25, 0.3) is 11.1 Å². The molecule has 1 fully saturated rings. The first-order valence-electron chi connectivity index (χ1n) is 13.3. The van der Waals surface area contributed by atoms with Gasteiger partial charge in [-0.2, -0.15) is 0 Å². The number of nitrogens with one attached hydrogen (secondary N) is 2. The van der Waals surface area contributed by atoms with Crippen molar-refractivity contribution in [2.45, 2.75) is 37.4 Å². The molecule has 202 valence electrons. The molecule has 3 aromatic rings. The highest BCUT2D eigenvalue weighted by molar-refractivity contribution is 5.86. The molecule has 0 saturated heterocycles. The lowest BCUT2D eigenvalue weighted by Crippen LogP contribution is -2.54. The first kappa shape index (κ1) is 26.4. The Kier molecular flexibility index (Phi) is 7.93. The lowest BCUT2D eigenvalue weighted by molar-refractivity contribution is -0.143. The normalized spacial score (nSPS) is 18.4. The number of amides is 2. The van der Waals surface area contributed by atoms with E-state index in [-0.39, 0.29) is 36.9 Å². The third kappa shape index (κ3) is 6.12. The van der Waals surface area contributed by atoms with Gasteiger partial charge in [0.15, 0.2) is 0 Å². The Bertz CT molecular complexity index is 1290. The molecule has 1 unspecified atom stereocenters. The Morgan fingerprint density at radius 1 is 0.923 bits per heavy atom. The maximum absolute atomic E-state index is 12.7. The van der Waals surface area contributed by atoms with Gasteiger partial charge in [0.1, 0.15) is 12.6 Å². The Morgan fingerprint density at radius 2 is 1.51 bits per heavy atom. The molecule has 5 rings (SSSR count). The van der Waals surface area contributed by atoms with E-state index in [1.54, 1.807) is 0 Å². The first-order chi connectivity index (χ1) is 18.9. The number of carboxylic acids is 1. The van der Waals surface area contributed by atoms with Crippen LogP contribution in [0.3, 0.4) is 0 Å². The minimum atomic E-state index is -1.07. The van der Waals surface area contributed by atoms with E-state index in [1.165, 1.54) is 11.1 Å². The zero-order valence-corrected chi connectivity index (χ0v) is 21.9. The van der Waals surface area contributed by atoms with Gasteiger partial charge in [0.2, 0.25) is 5.91 Å². The quantitative estimate of drug-likeness (QED) is 0.368. The molecular formula is C31H33N3O5. The molecule has 8 heteroatoms. The van der Waals surface area contributed by atoms with Crippen LogP contribution in [-0.2, 0) is 20.9 Å². The van der Waals surface area contributed by atoms with Gasteiger partial charge >= 0.3 is 12.1 Å². The van der Waals surface area contributed by atoms with Crippen molar-refractivity contribution in [2.75, 3.05) is 20.2 Å². The van der Waals surface area contributed by atoms with Crippen LogP contribution >= 0.6 is 0 Å². The van der Waals surface area contributed by atoms with Crippen molar-refractivity contribution >= 4 is 18.0 Å². The van der Waals surface area contributed by atoms with Crippen molar-refractivity contribution < 1.29 is 24.2 Å². The molecule has 2 amide bonds. The Balaban J connectivity index is 1.06. The number of alkyl carbamates (subject to hydrolysis) is 1. The number of carbonyl (C=O) groups excluding carboxylic acids is 2. The van der Waals surface area contributed by atoms with Gasteiger partial charge in [-0.25, -0.2) is 9.59 Å². The number of rotatable bonds is 10. The van der Waals surface area contributed by atoms with Gasteiger partial charge in [0.25, 0.3) is 0 Å². The minimum Gasteiger partial charge on any atom is -0.480 e. The third-order valence-corrected chi connectivity index (χ3v) is 7.58. The van der Waals surface area contributed by atoms with E-state index in [4.69, 9.17) is 4.74 Å². The summed E-state index contributed by atoms with van der Waals surface area (Å²) in [7, 11) is 1.83. The summed E-state index contributed by atoms with van der Waals surface area (Å²) in [6.45, 7) is 0.994. The van der Waals surface area contributed by atoms with Crippen LogP contribution in [-0.4, -0.2) is 60.3 Å². The summed E-state index contributed by atoms with van der Waals surface area (Å²) in [6.07, 6.45) is 0.386. The fraction of sp³-hybridized carbons (Fsp3) is 0.323. The van der Waals surface area contributed by atoms with Crippen molar-refractivity contribution in [3.8, 4) is 11.1 Å². The summed E-state index contributed by atoms with van der Waals surface area (Å²) in [5.74, 6) is -1.74. The number of benzene rings is 3. The van der Waals surface area contributed by atoms with Crippen molar-refractivity contribution in [3.63, 3.8) is 0 Å². The number of nitrogens with zero attached hydrogens (tertiary/aromatic N) is 1. The first-order valence-corrected chi connectivity index (χ1v) is 13.3. The minimum absolute atomic E-state index is 0.0176. The molecule has 2 aliphatic rings. The van der Waals surface area contributed by atoms with E-state index < -0.39 is 18.1 Å². The molecule has 0 aromatic heterocycles. The lowest BCUT2D eigenvalue weighted by Gasteiger charge is -2.35. The second kappa shape index (κ2) is 11.7. The number of likely N-dealkylation sites (N-methyl/N-ethyl adjacent to an activating group) is 1. The van der Waals surface area contributed by atoms with Crippen LogP contribution in [0, 0.1) is 5.92 Å². The van der Waals surface area contributed by atoms with Crippen LogP contribution in [0.1, 0.15) is 35.4 Å². The van der Waals surface area contributed by atoms with Crippen molar-refractivity contribution in [1.29, 1.82) is 0 Å². The molecule has 3 N–H and O–H groups in total. The summed E-state index contributed by atoms with van der Waals surface area (Å²) in [6, 6.07) is 24.9. The zero-order chi connectivity index (χ0) is 27.4. The maximum Gasteiger partial charge on any atom is 0.407 e. The molecule has 0 bridgehead atoms. The fourth-order valence-corrected chi connectivity index (χ4v) is 5.50. The highest BCUT2D eigenvalue weighted by Crippen LogP contribution is 2.44. The zero-order valence-electron chi connectivity index (χ0n) is 21.9. The van der Waals surface area contributed by atoms with Crippen LogP contribution in [0.5, 0.6) is 0 Å². The van der Waals surface area contributed by atoms with Crippen molar-refractivity contribution in [3.05, 3.63) is 95.6 Å². The molecule has 0 heterocycles. The lowest BCUT2D eigenvalue weighted by atomic mass is 9.79. The number of hydrogen-bond acceptors (Lipinski definition) is 5. The Labute approximate surface area is 228 Å². The molecule has 1 saturated carbocycles. The van der Waals surface area contributed by atoms with E-state index in [1.807, 2.05) is 66.5 Å². The van der Waals surface area contributed by atoms with Crippen LogP contribution in [0.4, 0.5) is 4.79 Å². The number of carboxylic acid groups (broad SMARTS) is 1. The Hall–Kier alpha value is -4.17. The van der Waals surface area contributed by atoms with Gasteiger partial charge in [-0.3, -0.25) is 9.69 Å². The summed E-state index contributed by atoms with van der Waals surface area (Å²) < 4.78 is 5.60. The molecule has 8 nitrogen and oxygen atoms in total. The van der Waals surface area contributed by atoms with E-state index in [2.05, 4.69) is 34.9 Å². The van der Waals surface area contributed by atoms with Gasteiger partial charge in [-0.15, -0.1) is 0 Å².